The molecule has 184 valence electrons. The molecule has 0 spiro atoms. The van der Waals surface area contributed by atoms with E-state index < -0.39 is 11.9 Å². The summed E-state index contributed by atoms with van der Waals surface area (Å²) in [7, 11) is 0. The van der Waals surface area contributed by atoms with Crippen molar-refractivity contribution in [1.82, 2.24) is 0 Å². The van der Waals surface area contributed by atoms with Crippen LogP contribution in [0.1, 0.15) is 130 Å². The van der Waals surface area contributed by atoms with Gasteiger partial charge in [-0.1, -0.05) is 26.7 Å². The predicted molar refractivity (Wildman–Crippen MR) is 140 cm³/mol. The monoisotopic (exact) mass is 564 g/mol. The second-order valence-electron chi connectivity index (χ2n) is 8.93. The van der Waals surface area contributed by atoms with Crippen LogP contribution in [0.2, 0.25) is 8.87 Å². The quantitative estimate of drug-likeness (QED) is 0.0532. The molecule has 0 aromatic carbocycles. The zero-order valence-corrected chi connectivity index (χ0v) is 24.9. The third-order valence-corrected chi connectivity index (χ3v) is 9.48. The minimum absolute atomic E-state index is 0.0439. The number of unbranched alkanes of at least 4 members (excludes halogenated alkanes) is 11. The Labute approximate surface area is 210 Å². The normalized spacial score (nSPS) is 10.6. The number of rotatable bonds is 20. The summed E-state index contributed by atoms with van der Waals surface area (Å²) in [6, 6.07) is 0. The molecule has 0 heterocycles. The summed E-state index contributed by atoms with van der Waals surface area (Å²) in [5.74, 6) is -0.391. The van der Waals surface area contributed by atoms with E-state index in [-0.39, 0.29) is 26.9 Å². The molecule has 0 aromatic heterocycles. The Balaban J connectivity index is 0. The molecule has 0 rings (SSSR count). The van der Waals surface area contributed by atoms with Crippen LogP contribution in [0.5, 0.6) is 0 Å². The van der Waals surface area contributed by atoms with E-state index in [1.54, 1.807) is 21.7 Å². The molecule has 0 fully saturated rings. The van der Waals surface area contributed by atoms with Crippen LogP contribution in [0.3, 0.4) is 0 Å². The van der Waals surface area contributed by atoms with Crippen LogP contribution in [-0.4, -0.2) is 38.8 Å². The van der Waals surface area contributed by atoms with E-state index in [2.05, 4.69) is 45.1 Å². The fraction of sp³-hybridized carbons (Fsp3) is 0.923. The van der Waals surface area contributed by atoms with Crippen molar-refractivity contribution in [1.29, 1.82) is 0 Å². The van der Waals surface area contributed by atoms with Crippen molar-refractivity contribution in [2.24, 2.45) is 5.92 Å². The minimum atomic E-state index is -0.567. The van der Waals surface area contributed by atoms with Gasteiger partial charge in [0.2, 0.25) is 0 Å². The second kappa shape index (κ2) is 28.3. The van der Waals surface area contributed by atoms with Crippen LogP contribution in [0.15, 0.2) is 0 Å². The van der Waals surface area contributed by atoms with E-state index in [1.807, 2.05) is 0 Å². The number of carbonyl (C=O) groups excluding carboxylic acids is 2. The average molecular weight is 563 g/mol. The first-order valence-corrected chi connectivity index (χ1v) is 17.7. The number of hydrogen-bond acceptors (Lipinski definition) is 4. The van der Waals surface area contributed by atoms with Gasteiger partial charge in [0.05, 0.1) is 5.75 Å². The zero-order valence-electron chi connectivity index (χ0n) is 21.2. The average Bonchev–Trinajstić information content (AvgIpc) is 2.75. The molecule has 0 aromatic rings. The Bertz CT molecular complexity index is 375. The van der Waals surface area contributed by atoms with Crippen LogP contribution in [0, 0.1) is 5.92 Å². The van der Waals surface area contributed by atoms with Gasteiger partial charge < -0.3 is 4.74 Å². The second-order valence-corrected chi connectivity index (χ2v) is 13.5. The first-order valence-electron chi connectivity index (χ1n) is 13.0. The number of ether oxygens (including phenoxy) is 1. The fourth-order valence-electron chi connectivity index (χ4n) is 3.22. The SMILES string of the molecule is CC(C)CCCCC(=O)OC(=O)CS.CCCCCCC[CH2][Sn][CH2]CCCCCCC. The van der Waals surface area contributed by atoms with E-state index in [0.29, 0.717) is 12.3 Å². The van der Waals surface area contributed by atoms with Gasteiger partial charge in [0, 0.05) is 6.42 Å². The van der Waals surface area contributed by atoms with Gasteiger partial charge in [0.15, 0.2) is 0 Å². The van der Waals surface area contributed by atoms with Crippen LogP contribution in [0.25, 0.3) is 0 Å². The molecule has 31 heavy (non-hydrogen) atoms. The van der Waals surface area contributed by atoms with Gasteiger partial charge in [-0.25, -0.2) is 0 Å². The molecule has 0 aliphatic carbocycles. The number of carbonyl (C=O) groups is 2. The molecule has 3 nitrogen and oxygen atoms in total. The summed E-state index contributed by atoms with van der Waals surface area (Å²) in [5, 5.41) is 0. The summed E-state index contributed by atoms with van der Waals surface area (Å²) >= 11 is 3.77. The molecule has 0 aliphatic rings. The summed E-state index contributed by atoms with van der Waals surface area (Å²) in [4.78, 5) is 21.6. The van der Waals surface area contributed by atoms with Gasteiger partial charge in [-0.15, -0.1) is 0 Å². The predicted octanol–water partition coefficient (Wildman–Crippen LogP) is 8.45. The standard InChI is InChI=1S/C10H18O3S.2C8H17.Sn/c1-8(2)5-3-4-6-9(11)13-10(12)7-14;2*1-3-5-7-8-6-4-2;/h8,14H,3-7H2,1-2H3;2*1,3-8H2,2H3;. The van der Waals surface area contributed by atoms with Crippen molar-refractivity contribution in [2.75, 3.05) is 5.75 Å². The van der Waals surface area contributed by atoms with Gasteiger partial charge in [-0.05, 0) is 12.3 Å². The van der Waals surface area contributed by atoms with Crippen molar-refractivity contribution >= 4 is 45.7 Å². The first-order chi connectivity index (χ1) is 15.0. The van der Waals surface area contributed by atoms with Gasteiger partial charge in [0.25, 0.3) is 0 Å². The van der Waals surface area contributed by atoms with Gasteiger partial charge >= 0.3 is 133 Å². The molecule has 0 unspecified atom stereocenters. The number of hydrogen-bond donors (Lipinski definition) is 1. The molecular weight excluding hydrogens is 511 g/mol. The van der Waals surface area contributed by atoms with Crippen molar-refractivity contribution in [3.05, 3.63) is 0 Å². The summed E-state index contributed by atoms with van der Waals surface area (Å²) < 4.78 is 7.77. The van der Waals surface area contributed by atoms with Crippen molar-refractivity contribution in [3.63, 3.8) is 0 Å². The Hall–Kier alpha value is 0.289. The van der Waals surface area contributed by atoms with Gasteiger partial charge in [-0.2, -0.15) is 12.6 Å². The first kappa shape index (κ1) is 33.5. The van der Waals surface area contributed by atoms with Crippen molar-refractivity contribution < 1.29 is 14.3 Å². The molecule has 0 bridgehead atoms. The molecule has 0 aliphatic heterocycles. The fourth-order valence-corrected chi connectivity index (χ4v) is 6.85. The summed E-state index contributed by atoms with van der Waals surface area (Å²) in [6.45, 7) is 8.88. The molecule has 0 amide bonds. The summed E-state index contributed by atoms with van der Waals surface area (Å²) in [6.07, 6.45) is 21.1. The number of esters is 2. The van der Waals surface area contributed by atoms with Crippen molar-refractivity contribution in [2.45, 2.75) is 139 Å². The molecular formula is C26H52O3SSn. The molecule has 0 saturated carbocycles. The van der Waals surface area contributed by atoms with E-state index in [0.717, 1.165) is 19.3 Å². The molecule has 2 radical (unpaired) electrons. The Morgan fingerprint density at radius 3 is 1.65 bits per heavy atom. The molecule has 0 N–H and O–H groups in total. The third-order valence-electron chi connectivity index (χ3n) is 5.18. The Morgan fingerprint density at radius 2 is 1.19 bits per heavy atom. The Morgan fingerprint density at radius 1 is 0.710 bits per heavy atom. The van der Waals surface area contributed by atoms with E-state index in [4.69, 9.17) is 0 Å². The molecule has 5 heteroatoms. The van der Waals surface area contributed by atoms with Crippen LogP contribution < -0.4 is 0 Å². The topological polar surface area (TPSA) is 43.4 Å². The van der Waals surface area contributed by atoms with E-state index in [9.17, 15) is 9.59 Å². The Kier molecular flexibility index (Phi) is 30.6. The van der Waals surface area contributed by atoms with Crippen LogP contribution in [-0.2, 0) is 14.3 Å². The molecule has 0 saturated heterocycles. The van der Waals surface area contributed by atoms with Crippen molar-refractivity contribution in [3.8, 4) is 0 Å². The zero-order chi connectivity index (χ0) is 23.6. The summed E-state index contributed by atoms with van der Waals surface area (Å²) in [5.41, 5.74) is 0. The molecule has 0 atom stereocenters. The van der Waals surface area contributed by atoms with Crippen LogP contribution in [0.4, 0.5) is 0 Å². The maximum atomic E-state index is 11.0. The van der Waals surface area contributed by atoms with Gasteiger partial charge in [0.1, 0.15) is 0 Å². The maximum absolute atomic E-state index is 11.0. The van der Waals surface area contributed by atoms with Crippen LogP contribution >= 0.6 is 12.6 Å². The third kappa shape index (κ3) is 32.5. The van der Waals surface area contributed by atoms with E-state index >= 15 is 0 Å². The number of thiol groups is 1. The van der Waals surface area contributed by atoms with Gasteiger partial charge in [-0.3, -0.25) is 9.59 Å². The van der Waals surface area contributed by atoms with E-state index in [1.165, 1.54) is 64.2 Å².